The van der Waals surface area contributed by atoms with Crippen LogP contribution in [0.5, 0.6) is 0 Å². The van der Waals surface area contributed by atoms with E-state index in [2.05, 4.69) is 0 Å². The van der Waals surface area contributed by atoms with Crippen molar-refractivity contribution in [2.24, 2.45) is 0 Å². The average Bonchev–Trinajstić information content (AvgIpc) is 2.91. The summed E-state index contributed by atoms with van der Waals surface area (Å²) in [7, 11) is 0. The molecule has 1 saturated heterocycles. The lowest BCUT2D eigenvalue weighted by Gasteiger charge is -2.26. The molecule has 0 bridgehead atoms. The number of hydrogen-bond acceptors (Lipinski definition) is 2. The predicted octanol–water partition coefficient (Wildman–Crippen LogP) is 3.08. The van der Waals surface area contributed by atoms with E-state index in [1.807, 2.05) is 0 Å². The Bertz CT molecular complexity index is 502. The zero-order chi connectivity index (χ0) is 15.5. The van der Waals surface area contributed by atoms with Crippen LogP contribution in [0.4, 0.5) is 13.2 Å². The van der Waals surface area contributed by atoms with Crippen LogP contribution in [0.3, 0.4) is 0 Å². The maximum absolute atomic E-state index is 13.0. The van der Waals surface area contributed by atoms with Crippen molar-refractivity contribution >= 4 is 5.91 Å². The summed E-state index contributed by atoms with van der Waals surface area (Å²) in [5.74, 6) is -0.566. The average molecular weight is 301 g/mol. The Morgan fingerprint density at radius 2 is 2.05 bits per heavy atom. The van der Waals surface area contributed by atoms with Crippen molar-refractivity contribution in [3.63, 3.8) is 0 Å². The minimum absolute atomic E-state index is 0.0255. The van der Waals surface area contributed by atoms with Gasteiger partial charge in [0.25, 0.3) is 5.91 Å². The number of carbonyl (C=O) groups is 1. The highest BCUT2D eigenvalue weighted by molar-refractivity contribution is 5.96. The molecule has 0 radical (unpaired) electrons. The first-order valence-electron chi connectivity index (χ1n) is 7.03. The number of aliphatic hydroxyl groups is 1. The van der Waals surface area contributed by atoms with E-state index in [0.29, 0.717) is 19.4 Å². The summed E-state index contributed by atoms with van der Waals surface area (Å²) in [6.45, 7) is 0.499. The molecule has 0 saturated carbocycles. The molecule has 1 aliphatic rings. The standard InChI is InChI=1S/C15H18F3NO2/c16-15(17,18)13-8-2-1-7-12(13)14(21)19-9-3-5-11(19)6-4-10-20/h1-2,7-8,11,20H,3-6,9-10H2. The summed E-state index contributed by atoms with van der Waals surface area (Å²) < 4.78 is 39.0. The molecule has 1 fully saturated rings. The summed E-state index contributed by atoms with van der Waals surface area (Å²) in [6.07, 6.45) is -1.80. The van der Waals surface area contributed by atoms with Crippen molar-refractivity contribution in [3.05, 3.63) is 35.4 Å². The first-order chi connectivity index (χ1) is 9.95. The number of likely N-dealkylation sites (tertiary alicyclic amines) is 1. The van der Waals surface area contributed by atoms with Crippen LogP contribution in [-0.4, -0.2) is 35.1 Å². The smallest absolute Gasteiger partial charge is 0.396 e. The van der Waals surface area contributed by atoms with Crippen LogP contribution < -0.4 is 0 Å². The van der Waals surface area contributed by atoms with Gasteiger partial charge in [-0.15, -0.1) is 0 Å². The molecule has 1 heterocycles. The fourth-order valence-corrected chi connectivity index (χ4v) is 2.80. The Morgan fingerprint density at radius 3 is 2.71 bits per heavy atom. The molecular formula is C15H18F3NO2. The molecule has 1 unspecified atom stereocenters. The number of alkyl halides is 3. The third-order valence-corrected chi connectivity index (χ3v) is 3.80. The lowest BCUT2D eigenvalue weighted by Crippen LogP contribution is -2.36. The predicted molar refractivity (Wildman–Crippen MR) is 71.8 cm³/mol. The van der Waals surface area contributed by atoms with Crippen molar-refractivity contribution < 1.29 is 23.1 Å². The first-order valence-corrected chi connectivity index (χ1v) is 7.03. The number of nitrogens with zero attached hydrogens (tertiary/aromatic N) is 1. The second kappa shape index (κ2) is 6.47. The number of carbonyl (C=O) groups excluding carboxylic acids is 1. The molecular weight excluding hydrogens is 283 g/mol. The Labute approximate surface area is 121 Å². The fraction of sp³-hybridized carbons (Fsp3) is 0.533. The van der Waals surface area contributed by atoms with Crippen LogP contribution in [0, 0.1) is 0 Å². The monoisotopic (exact) mass is 301 g/mol. The zero-order valence-electron chi connectivity index (χ0n) is 11.6. The van der Waals surface area contributed by atoms with Gasteiger partial charge in [0.1, 0.15) is 0 Å². The molecule has 21 heavy (non-hydrogen) atoms. The van der Waals surface area contributed by atoms with Gasteiger partial charge in [-0.1, -0.05) is 12.1 Å². The lowest BCUT2D eigenvalue weighted by atomic mass is 10.0. The van der Waals surface area contributed by atoms with E-state index in [1.54, 1.807) is 0 Å². The third kappa shape index (κ3) is 3.56. The van der Waals surface area contributed by atoms with Crippen LogP contribution in [0.2, 0.25) is 0 Å². The summed E-state index contributed by atoms with van der Waals surface area (Å²) in [5, 5.41) is 8.87. The Balaban J connectivity index is 2.24. The molecule has 1 aliphatic heterocycles. The second-order valence-electron chi connectivity index (χ2n) is 5.20. The molecule has 1 atom stereocenters. The van der Waals surface area contributed by atoms with Crippen molar-refractivity contribution in [3.8, 4) is 0 Å². The Hall–Kier alpha value is -1.56. The van der Waals surface area contributed by atoms with Gasteiger partial charge in [-0.25, -0.2) is 0 Å². The van der Waals surface area contributed by atoms with Crippen LogP contribution in [-0.2, 0) is 6.18 Å². The molecule has 1 N–H and O–H groups in total. The Kier molecular flexibility index (Phi) is 4.88. The molecule has 116 valence electrons. The second-order valence-corrected chi connectivity index (χ2v) is 5.20. The van der Waals surface area contributed by atoms with Crippen LogP contribution in [0.15, 0.2) is 24.3 Å². The van der Waals surface area contributed by atoms with Crippen molar-refractivity contribution in [2.75, 3.05) is 13.2 Å². The van der Waals surface area contributed by atoms with E-state index in [-0.39, 0.29) is 18.2 Å². The summed E-state index contributed by atoms with van der Waals surface area (Å²) in [4.78, 5) is 14.0. The number of halogens is 3. The van der Waals surface area contributed by atoms with Crippen molar-refractivity contribution in [2.45, 2.75) is 37.9 Å². The van der Waals surface area contributed by atoms with Gasteiger partial charge in [-0.3, -0.25) is 4.79 Å². The van der Waals surface area contributed by atoms with Crippen LogP contribution >= 0.6 is 0 Å². The van der Waals surface area contributed by atoms with Crippen molar-refractivity contribution in [1.29, 1.82) is 0 Å². The minimum Gasteiger partial charge on any atom is -0.396 e. The van der Waals surface area contributed by atoms with Crippen LogP contribution in [0.25, 0.3) is 0 Å². The molecule has 0 aliphatic carbocycles. The summed E-state index contributed by atoms with van der Waals surface area (Å²) in [5.41, 5.74) is -1.18. The van der Waals surface area contributed by atoms with Gasteiger partial charge >= 0.3 is 6.18 Å². The van der Waals surface area contributed by atoms with Gasteiger partial charge in [-0.2, -0.15) is 13.2 Å². The maximum Gasteiger partial charge on any atom is 0.417 e. The highest BCUT2D eigenvalue weighted by atomic mass is 19.4. The van der Waals surface area contributed by atoms with Gasteiger partial charge in [-0.05, 0) is 37.8 Å². The first kappa shape index (κ1) is 15.8. The normalized spacial score (nSPS) is 19.0. The van der Waals surface area contributed by atoms with E-state index in [4.69, 9.17) is 5.11 Å². The number of amides is 1. The fourth-order valence-electron chi connectivity index (χ4n) is 2.80. The highest BCUT2D eigenvalue weighted by Crippen LogP contribution is 2.33. The van der Waals surface area contributed by atoms with Gasteiger partial charge < -0.3 is 10.0 Å². The maximum atomic E-state index is 13.0. The molecule has 2 rings (SSSR count). The van der Waals surface area contributed by atoms with E-state index < -0.39 is 17.6 Å². The SMILES string of the molecule is O=C(c1ccccc1C(F)(F)F)N1CCCC1CCCO. The highest BCUT2D eigenvalue weighted by Gasteiger charge is 2.37. The van der Waals surface area contributed by atoms with Gasteiger partial charge in [0.15, 0.2) is 0 Å². The van der Waals surface area contributed by atoms with Gasteiger partial charge in [0, 0.05) is 19.2 Å². The van der Waals surface area contributed by atoms with Gasteiger partial charge in [0.2, 0.25) is 0 Å². The van der Waals surface area contributed by atoms with E-state index in [1.165, 1.54) is 23.1 Å². The number of rotatable bonds is 4. The molecule has 1 aromatic rings. The zero-order valence-corrected chi connectivity index (χ0v) is 11.6. The molecule has 0 aromatic heterocycles. The topological polar surface area (TPSA) is 40.5 Å². The lowest BCUT2D eigenvalue weighted by molar-refractivity contribution is -0.138. The number of benzene rings is 1. The summed E-state index contributed by atoms with van der Waals surface area (Å²) >= 11 is 0. The molecule has 3 nitrogen and oxygen atoms in total. The number of hydrogen-bond donors (Lipinski definition) is 1. The third-order valence-electron chi connectivity index (χ3n) is 3.80. The van der Waals surface area contributed by atoms with E-state index in [9.17, 15) is 18.0 Å². The summed E-state index contributed by atoms with van der Waals surface area (Å²) in [6, 6.07) is 4.82. The van der Waals surface area contributed by atoms with Gasteiger partial charge in [0.05, 0.1) is 11.1 Å². The quantitative estimate of drug-likeness (QED) is 0.928. The van der Waals surface area contributed by atoms with E-state index >= 15 is 0 Å². The van der Waals surface area contributed by atoms with E-state index in [0.717, 1.165) is 18.9 Å². The Morgan fingerprint density at radius 1 is 1.33 bits per heavy atom. The molecule has 6 heteroatoms. The molecule has 0 spiro atoms. The minimum atomic E-state index is -4.54. The molecule has 1 amide bonds. The largest absolute Gasteiger partial charge is 0.417 e. The van der Waals surface area contributed by atoms with Crippen molar-refractivity contribution in [1.82, 2.24) is 4.90 Å². The van der Waals surface area contributed by atoms with Crippen LogP contribution in [0.1, 0.15) is 41.6 Å². The molecule has 1 aromatic carbocycles. The number of aliphatic hydroxyl groups excluding tert-OH is 1.